The molecule has 0 bridgehead atoms. The molecule has 0 fully saturated rings. The molecule has 2 heterocycles. The SMILES string of the molecule is N#Cc1ccnc(Sc2ccncc2)c1Cl. The summed E-state index contributed by atoms with van der Waals surface area (Å²) in [6, 6.07) is 7.35. The minimum atomic E-state index is 0.395. The molecular formula is C11H6ClN3S. The Morgan fingerprint density at radius 2 is 1.94 bits per heavy atom. The summed E-state index contributed by atoms with van der Waals surface area (Å²) in [6.45, 7) is 0. The summed E-state index contributed by atoms with van der Waals surface area (Å²) in [7, 11) is 0. The third-order valence-electron chi connectivity index (χ3n) is 1.84. The first-order chi connectivity index (χ1) is 7.81. The van der Waals surface area contributed by atoms with Gasteiger partial charge in [-0.3, -0.25) is 4.98 Å². The van der Waals surface area contributed by atoms with E-state index in [0.717, 1.165) is 4.90 Å². The van der Waals surface area contributed by atoms with E-state index in [0.29, 0.717) is 15.6 Å². The number of rotatable bonds is 2. The summed E-state index contributed by atoms with van der Waals surface area (Å²) in [5, 5.41) is 9.85. The fourth-order valence-corrected chi connectivity index (χ4v) is 2.16. The summed E-state index contributed by atoms with van der Waals surface area (Å²) in [5.41, 5.74) is 0.438. The molecule has 0 saturated heterocycles. The molecule has 78 valence electrons. The fourth-order valence-electron chi connectivity index (χ4n) is 1.10. The van der Waals surface area contributed by atoms with E-state index in [9.17, 15) is 0 Å². The van der Waals surface area contributed by atoms with E-state index in [1.54, 1.807) is 24.7 Å². The number of aromatic nitrogens is 2. The van der Waals surface area contributed by atoms with Gasteiger partial charge in [-0.15, -0.1) is 0 Å². The van der Waals surface area contributed by atoms with Crippen LogP contribution in [0.3, 0.4) is 0 Å². The zero-order chi connectivity index (χ0) is 11.4. The van der Waals surface area contributed by atoms with Crippen molar-refractivity contribution in [3.8, 4) is 6.07 Å². The summed E-state index contributed by atoms with van der Waals surface area (Å²) in [4.78, 5) is 9.05. The van der Waals surface area contributed by atoms with Gasteiger partial charge in [-0.25, -0.2) is 4.98 Å². The predicted molar refractivity (Wildman–Crippen MR) is 62.3 cm³/mol. The normalized spacial score (nSPS) is 9.75. The van der Waals surface area contributed by atoms with E-state index >= 15 is 0 Å². The summed E-state index contributed by atoms with van der Waals surface area (Å²) in [6.07, 6.45) is 4.97. The van der Waals surface area contributed by atoms with Gasteiger partial charge in [0.1, 0.15) is 11.1 Å². The third kappa shape index (κ3) is 2.32. The van der Waals surface area contributed by atoms with Gasteiger partial charge in [0.05, 0.1) is 10.6 Å². The van der Waals surface area contributed by atoms with E-state index in [1.807, 2.05) is 18.2 Å². The maximum absolute atomic E-state index is 8.83. The van der Waals surface area contributed by atoms with Crippen LogP contribution in [0, 0.1) is 11.3 Å². The van der Waals surface area contributed by atoms with Crippen molar-refractivity contribution in [3.05, 3.63) is 47.4 Å². The molecule has 2 aromatic rings. The number of pyridine rings is 2. The third-order valence-corrected chi connectivity index (χ3v) is 3.35. The van der Waals surface area contributed by atoms with Crippen LogP contribution >= 0.6 is 23.4 Å². The second-order valence-electron chi connectivity index (χ2n) is 2.87. The maximum atomic E-state index is 8.83. The molecule has 0 radical (unpaired) electrons. The molecule has 0 unspecified atom stereocenters. The molecule has 0 saturated carbocycles. The topological polar surface area (TPSA) is 49.6 Å². The Labute approximate surface area is 102 Å². The van der Waals surface area contributed by atoms with Crippen LogP contribution in [0.5, 0.6) is 0 Å². The van der Waals surface area contributed by atoms with Crippen molar-refractivity contribution in [1.82, 2.24) is 9.97 Å². The Morgan fingerprint density at radius 3 is 2.62 bits per heavy atom. The molecule has 0 amide bonds. The van der Waals surface area contributed by atoms with Gasteiger partial charge in [0, 0.05) is 23.5 Å². The van der Waals surface area contributed by atoms with Crippen molar-refractivity contribution in [2.75, 3.05) is 0 Å². The van der Waals surface area contributed by atoms with E-state index in [4.69, 9.17) is 16.9 Å². The fraction of sp³-hybridized carbons (Fsp3) is 0. The second kappa shape index (κ2) is 4.97. The van der Waals surface area contributed by atoms with Crippen LogP contribution in [0.1, 0.15) is 5.56 Å². The number of halogens is 1. The molecule has 0 spiro atoms. The average Bonchev–Trinajstić information content (AvgIpc) is 2.33. The van der Waals surface area contributed by atoms with Crippen LogP contribution in [0.25, 0.3) is 0 Å². The Morgan fingerprint density at radius 1 is 1.19 bits per heavy atom. The molecule has 0 aliphatic carbocycles. The molecule has 5 heteroatoms. The highest BCUT2D eigenvalue weighted by molar-refractivity contribution is 7.99. The lowest BCUT2D eigenvalue weighted by molar-refractivity contribution is 1.12. The Hall–Kier alpha value is -1.57. The Kier molecular flexibility index (Phi) is 3.40. The molecule has 2 aromatic heterocycles. The minimum Gasteiger partial charge on any atom is -0.265 e. The van der Waals surface area contributed by atoms with E-state index < -0.39 is 0 Å². The molecule has 0 aliphatic rings. The largest absolute Gasteiger partial charge is 0.265 e. The molecule has 0 N–H and O–H groups in total. The summed E-state index contributed by atoms with van der Waals surface area (Å²) in [5.74, 6) is 0. The van der Waals surface area contributed by atoms with Gasteiger partial charge in [-0.2, -0.15) is 5.26 Å². The lowest BCUT2D eigenvalue weighted by Crippen LogP contribution is -1.85. The highest BCUT2D eigenvalue weighted by Crippen LogP contribution is 2.32. The summed E-state index contributed by atoms with van der Waals surface area (Å²) >= 11 is 7.45. The van der Waals surface area contributed by atoms with Gasteiger partial charge in [0.15, 0.2) is 0 Å². The number of hydrogen-bond acceptors (Lipinski definition) is 4. The predicted octanol–water partition coefficient (Wildman–Crippen LogP) is 3.15. The van der Waals surface area contributed by atoms with Crippen molar-refractivity contribution in [1.29, 1.82) is 5.26 Å². The minimum absolute atomic E-state index is 0.395. The quantitative estimate of drug-likeness (QED) is 0.818. The van der Waals surface area contributed by atoms with Gasteiger partial charge in [0.25, 0.3) is 0 Å². The van der Waals surface area contributed by atoms with Crippen LogP contribution in [-0.2, 0) is 0 Å². The van der Waals surface area contributed by atoms with Gasteiger partial charge in [-0.1, -0.05) is 23.4 Å². The lowest BCUT2D eigenvalue weighted by Gasteiger charge is -2.03. The van der Waals surface area contributed by atoms with Crippen LogP contribution in [0.15, 0.2) is 46.7 Å². The monoisotopic (exact) mass is 247 g/mol. The van der Waals surface area contributed by atoms with Crippen molar-refractivity contribution in [3.63, 3.8) is 0 Å². The smallest absolute Gasteiger partial charge is 0.121 e. The Bertz CT molecular complexity index is 537. The van der Waals surface area contributed by atoms with Crippen molar-refractivity contribution >= 4 is 23.4 Å². The zero-order valence-electron chi connectivity index (χ0n) is 8.09. The number of hydrogen-bond donors (Lipinski definition) is 0. The highest BCUT2D eigenvalue weighted by atomic mass is 35.5. The van der Waals surface area contributed by atoms with Crippen LogP contribution in [0.2, 0.25) is 5.02 Å². The second-order valence-corrected chi connectivity index (χ2v) is 4.31. The van der Waals surface area contributed by atoms with E-state index in [1.165, 1.54) is 11.8 Å². The van der Waals surface area contributed by atoms with Crippen molar-refractivity contribution < 1.29 is 0 Å². The van der Waals surface area contributed by atoms with Crippen LogP contribution in [0.4, 0.5) is 0 Å². The molecule has 16 heavy (non-hydrogen) atoms. The lowest BCUT2D eigenvalue weighted by atomic mass is 10.3. The number of nitrogens with zero attached hydrogens (tertiary/aromatic N) is 3. The van der Waals surface area contributed by atoms with Gasteiger partial charge >= 0.3 is 0 Å². The first-order valence-electron chi connectivity index (χ1n) is 4.44. The molecular weight excluding hydrogens is 242 g/mol. The van der Waals surface area contributed by atoms with E-state index in [2.05, 4.69) is 9.97 Å². The maximum Gasteiger partial charge on any atom is 0.121 e. The van der Waals surface area contributed by atoms with E-state index in [-0.39, 0.29) is 0 Å². The first-order valence-corrected chi connectivity index (χ1v) is 5.63. The summed E-state index contributed by atoms with van der Waals surface area (Å²) < 4.78 is 0. The molecule has 0 atom stereocenters. The standard InChI is InChI=1S/C11H6ClN3S/c12-10-8(7-13)1-6-15-11(10)16-9-2-4-14-5-3-9/h1-6H. The average molecular weight is 248 g/mol. The highest BCUT2D eigenvalue weighted by Gasteiger charge is 2.08. The zero-order valence-corrected chi connectivity index (χ0v) is 9.66. The number of nitriles is 1. The Balaban J connectivity index is 2.33. The van der Waals surface area contributed by atoms with Gasteiger partial charge in [-0.05, 0) is 18.2 Å². The molecule has 2 rings (SSSR count). The van der Waals surface area contributed by atoms with Crippen LogP contribution in [-0.4, -0.2) is 9.97 Å². The van der Waals surface area contributed by atoms with Crippen molar-refractivity contribution in [2.45, 2.75) is 9.92 Å². The molecule has 0 aromatic carbocycles. The molecule has 3 nitrogen and oxygen atoms in total. The van der Waals surface area contributed by atoms with Gasteiger partial charge in [0.2, 0.25) is 0 Å². The van der Waals surface area contributed by atoms with Crippen molar-refractivity contribution in [2.24, 2.45) is 0 Å². The van der Waals surface area contributed by atoms with Crippen LogP contribution < -0.4 is 0 Å². The van der Waals surface area contributed by atoms with Gasteiger partial charge < -0.3 is 0 Å². The first kappa shape index (κ1) is 10.9. The molecule has 0 aliphatic heterocycles.